The van der Waals surface area contributed by atoms with Crippen molar-refractivity contribution in [3.05, 3.63) is 65.0 Å². The zero-order valence-corrected chi connectivity index (χ0v) is 19.3. The average Bonchev–Trinajstić information content (AvgIpc) is 3.35. The van der Waals surface area contributed by atoms with Crippen molar-refractivity contribution >= 4 is 34.1 Å². The Morgan fingerprint density at radius 2 is 1.84 bits per heavy atom. The first-order valence-corrected chi connectivity index (χ1v) is 11.8. The molecule has 0 atom stereocenters. The summed E-state index contributed by atoms with van der Waals surface area (Å²) in [5.41, 5.74) is 4.15. The fourth-order valence-corrected chi connectivity index (χ4v) is 4.93. The summed E-state index contributed by atoms with van der Waals surface area (Å²) in [6, 6.07) is 18.2. The SMILES string of the molecule is CCn1c(SCC(=O)Nc2nc(-c3ccccc3)c(C)s2)nnc1-c1cccc(C)c1. The Morgan fingerprint density at radius 3 is 2.58 bits per heavy atom. The lowest BCUT2D eigenvalue weighted by Gasteiger charge is -2.07. The second kappa shape index (κ2) is 9.45. The van der Waals surface area contributed by atoms with Crippen LogP contribution < -0.4 is 5.32 Å². The van der Waals surface area contributed by atoms with Crippen LogP contribution in [0.5, 0.6) is 0 Å². The number of hydrogen-bond donors (Lipinski definition) is 1. The third-order valence-corrected chi connectivity index (χ3v) is 6.58. The lowest BCUT2D eigenvalue weighted by atomic mass is 10.1. The van der Waals surface area contributed by atoms with Gasteiger partial charge in [-0.3, -0.25) is 4.79 Å². The van der Waals surface area contributed by atoms with Crippen LogP contribution in [-0.2, 0) is 11.3 Å². The standard InChI is InChI=1S/C23H23N5OS2/c1-4-28-21(18-12-8-9-15(2)13-18)26-27-23(28)30-14-19(29)24-22-25-20(16(3)31-22)17-10-6-5-7-11-17/h5-13H,4,14H2,1-3H3,(H,24,25,29). The van der Waals surface area contributed by atoms with Crippen LogP contribution in [0.25, 0.3) is 22.6 Å². The average molecular weight is 450 g/mol. The molecular weight excluding hydrogens is 426 g/mol. The Balaban J connectivity index is 1.43. The van der Waals surface area contributed by atoms with Crippen LogP contribution in [-0.4, -0.2) is 31.4 Å². The van der Waals surface area contributed by atoms with E-state index in [0.29, 0.717) is 5.13 Å². The minimum atomic E-state index is -0.110. The van der Waals surface area contributed by atoms with Gasteiger partial charge < -0.3 is 9.88 Å². The maximum atomic E-state index is 12.5. The largest absolute Gasteiger partial charge is 0.302 e. The number of hydrogen-bond acceptors (Lipinski definition) is 6. The number of thioether (sulfide) groups is 1. The van der Waals surface area contributed by atoms with Crippen molar-refractivity contribution in [1.29, 1.82) is 0 Å². The van der Waals surface area contributed by atoms with E-state index in [2.05, 4.69) is 46.5 Å². The molecule has 2 aromatic heterocycles. The summed E-state index contributed by atoms with van der Waals surface area (Å²) in [7, 11) is 0. The number of anilines is 1. The van der Waals surface area contributed by atoms with Gasteiger partial charge >= 0.3 is 0 Å². The lowest BCUT2D eigenvalue weighted by molar-refractivity contribution is -0.113. The van der Waals surface area contributed by atoms with Gasteiger partial charge in [0.1, 0.15) is 0 Å². The highest BCUT2D eigenvalue weighted by molar-refractivity contribution is 7.99. The number of aromatic nitrogens is 4. The highest BCUT2D eigenvalue weighted by Gasteiger charge is 2.16. The highest BCUT2D eigenvalue weighted by Crippen LogP contribution is 2.30. The van der Waals surface area contributed by atoms with Crippen LogP contribution in [0.15, 0.2) is 59.8 Å². The monoisotopic (exact) mass is 449 g/mol. The molecule has 1 amide bonds. The molecular formula is C23H23N5OS2. The van der Waals surface area contributed by atoms with E-state index in [0.717, 1.165) is 39.2 Å². The molecule has 4 aromatic rings. The third kappa shape index (κ3) is 4.86. The van der Waals surface area contributed by atoms with E-state index in [9.17, 15) is 4.79 Å². The lowest BCUT2D eigenvalue weighted by Crippen LogP contribution is -2.14. The highest BCUT2D eigenvalue weighted by atomic mass is 32.2. The van der Waals surface area contributed by atoms with Crippen molar-refractivity contribution in [2.24, 2.45) is 0 Å². The second-order valence-corrected chi connectivity index (χ2v) is 9.19. The maximum Gasteiger partial charge on any atom is 0.236 e. The van der Waals surface area contributed by atoms with Gasteiger partial charge in [-0.15, -0.1) is 21.5 Å². The van der Waals surface area contributed by atoms with E-state index in [1.54, 1.807) is 0 Å². The van der Waals surface area contributed by atoms with Gasteiger partial charge in [0.2, 0.25) is 5.91 Å². The third-order valence-electron chi connectivity index (χ3n) is 4.73. The molecule has 6 nitrogen and oxygen atoms in total. The van der Waals surface area contributed by atoms with Crippen LogP contribution in [0.2, 0.25) is 0 Å². The minimum absolute atomic E-state index is 0.110. The molecule has 158 valence electrons. The molecule has 0 bridgehead atoms. The van der Waals surface area contributed by atoms with Crippen LogP contribution in [0.3, 0.4) is 0 Å². The number of amides is 1. The molecule has 0 saturated carbocycles. The van der Waals surface area contributed by atoms with Gasteiger partial charge in [0.05, 0.1) is 11.4 Å². The Hall–Kier alpha value is -2.97. The number of carbonyl (C=O) groups is 1. The first-order chi connectivity index (χ1) is 15.0. The summed E-state index contributed by atoms with van der Waals surface area (Å²) in [4.78, 5) is 18.2. The maximum absolute atomic E-state index is 12.5. The molecule has 4 rings (SSSR count). The van der Waals surface area contributed by atoms with E-state index in [1.807, 2.05) is 54.0 Å². The smallest absolute Gasteiger partial charge is 0.236 e. The molecule has 0 radical (unpaired) electrons. The van der Waals surface area contributed by atoms with E-state index in [-0.39, 0.29) is 11.7 Å². The zero-order chi connectivity index (χ0) is 21.8. The summed E-state index contributed by atoms with van der Waals surface area (Å²) in [6.45, 7) is 6.85. The van der Waals surface area contributed by atoms with Crippen LogP contribution in [0.1, 0.15) is 17.4 Å². The van der Waals surface area contributed by atoms with Gasteiger partial charge in [-0.25, -0.2) is 4.98 Å². The van der Waals surface area contributed by atoms with Crippen molar-refractivity contribution in [3.63, 3.8) is 0 Å². The van der Waals surface area contributed by atoms with Gasteiger partial charge in [-0.2, -0.15) is 0 Å². The summed E-state index contributed by atoms with van der Waals surface area (Å²) in [5, 5.41) is 12.9. The van der Waals surface area contributed by atoms with Crippen molar-refractivity contribution in [2.75, 3.05) is 11.1 Å². The van der Waals surface area contributed by atoms with Crippen LogP contribution >= 0.6 is 23.1 Å². The zero-order valence-electron chi connectivity index (χ0n) is 17.6. The summed E-state index contributed by atoms with van der Waals surface area (Å²) >= 11 is 2.86. The number of nitrogens with one attached hydrogen (secondary N) is 1. The van der Waals surface area contributed by atoms with Gasteiger partial charge in [-0.1, -0.05) is 65.9 Å². The first-order valence-electron chi connectivity index (χ1n) is 10.0. The van der Waals surface area contributed by atoms with Gasteiger partial charge in [0, 0.05) is 22.5 Å². The molecule has 1 N–H and O–H groups in total. The molecule has 8 heteroatoms. The number of rotatable bonds is 7. The molecule has 0 saturated heterocycles. The molecule has 2 heterocycles. The molecule has 0 aliphatic carbocycles. The normalized spacial score (nSPS) is 10.9. The minimum Gasteiger partial charge on any atom is -0.302 e. The van der Waals surface area contributed by atoms with E-state index >= 15 is 0 Å². The summed E-state index contributed by atoms with van der Waals surface area (Å²) < 4.78 is 2.04. The van der Waals surface area contributed by atoms with Crippen molar-refractivity contribution in [3.8, 4) is 22.6 Å². The van der Waals surface area contributed by atoms with E-state index in [1.165, 1.54) is 28.7 Å². The number of nitrogens with zero attached hydrogens (tertiary/aromatic N) is 4. The molecule has 0 aliphatic heterocycles. The Labute approximate surface area is 189 Å². The van der Waals surface area contributed by atoms with Gasteiger partial charge in [-0.05, 0) is 26.8 Å². The number of thiazole rings is 1. The van der Waals surface area contributed by atoms with Crippen molar-refractivity contribution in [2.45, 2.75) is 32.5 Å². The molecule has 31 heavy (non-hydrogen) atoms. The fraction of sp³-hybridized carbons (Fsp3) is 0.217. The summed E-state index contributed by atoms with van der Waals surface area (Å²) in [6.07, 6.45) is 0. The second-order valence-electron chi connectivity index (χ2n) is 7.05. The Morgan fingerprint density at radius 1 is 1.06 bits per heavy atom. The molecule has 0 aliphatic rings. The predicted octanol–water partition coefficient (Wildman–Crippen LogP) is 5.44. The molecule has 2 aromatic carbocycles. The van der Waals surface area contributed by atoms with Crippen LogP contribution in [0, 0.1) is 13.8 Å². The van der Waals surface area contributed by atoms with Crippen molar-refractivity contribution < 1.29 is 4.79 Å². The summed E-state index contributed by atoms with van der Waals surface area (Å²) in [5.74, 6) is 0.948. The Kier molecular flexibility index (Phi) is 6.48. The number of benzene rings is 2. The topological polar surface area (TPSA) is 72.7 Å². The molecule has 0 fully saturated rings. The van der Waals surface area contributed by atoms with Crippen molar-refractivity contribution in [1.82, 2.24) is 19.7 Å². The Bertz CT molecular complexity index is 1200. The predicted molar refractivity (Wildman–Crippen MR) is 128 cm³/mol. The van der Waals surface area contributed by atoms with E-state index < -0.39 is 0 Å². The number of carbonyl (C=O) groups excluding carboxylic acids is 1. The number of aryl methyl sites for hydroxylation is 2. The molecule has 0 unspecified atom stereocenters. The first kappa shape index (κ1) is 21.3. The van der Waals surface area contributed by atoms with Crippen LogP contribution in [0.4, 0.5) is 5.13 Å². The molecule has 0 spiro atoms. The van der Waals surface area contributed by atoms with E-state index in [4.69, 9.17) is 0 Å². The van der Waals surface area contributed by atoms with Gasteiger partial charge in [0.15, 0.2) is 16.1 Å². The van der Waals surface area contributed by atoms with Gasteiger partial charge in [0.25, 0.3) is 0 Å². The quantitative estimate of drug-likeness (QED) is 0.381. The fourth-order valence-electron chi connectivity index (χ4n) is 3.28.